The molecular formula is C16H23N3. The molecule has 1 N–H and O–H groups in total. The Bertz CT molecular complexity index is 569. The first-order chi connectivity index (χ1) is 9.00. The predicted octanol–water partition coefficient (Wildman–Crippen LogP) is 3.20. The molecule has 0 saturated heterocycles. The van der Waals surface area contributed by atoms with Crippen LogP contribution in [-0.2, 0) is 13.6 Å². The minimum absolute atomic E-state index is 0.347. The molecule has 2 rings (SSSR count). The van der Waals surface area contributed by atoms with Gasteiger partial charge in [-0.1, -0.05) is 24.3 Å². The van der Waals surface area contributed by atoms with E-state index in [0.29, 0.717) is 6.04 Å². The molecule has 1 heterocycles. The van der Waals surface area contributed by atoms with Gasteiger partial charge in [0.2, 0.25) is 0 Å². The lowest BCUT2D eigenvalue weighted by molar-refractivity contribution is 0.569. The predicted molar refractivity (Wildman–Crippen MR) is 79.1 cm³/mol. The van der Waals surface area contributed by atoms with Crippen molar-refractivity contribution in [1.29, 1.82) is 0 Å². The topological polar surface area (TPSA) is 29.9 Å². The highest BCUT2D eigenvalue weighted by atomic mass is 15.3. The first-order valence-corrected chi connectivity index (χ1v) is 6.78. The van der Waals surface area contributed by atoms with Crippen molar-refractivity contribution in [3.63, 3.8) is 0 Å². The van der Waals surface area contributed by atoms with E-state index in [0.717, 1.165) is 12.2 Å². The van der Waals surface area contributed by atoms with E-state index in [2.05, 4.69) is 62.4 Å². The minimum atomic E-state index is 0.347. The van der Waals surface area contributed by atoms with Crippen molar-refractivity contribution >= 4 is 0 Å². The molecule has 0 aliphatic carbocycles. The summed E-state index contributed by atoms with van der Waals surface area (Å²) in [7, 11) is 2.00. The lowest BCUT2D eigenvalue weighted by atomic mass is 10.0. The zero-order chi connectivity index (χ0) is 14.0. The van der Waals surface area contributed by atoms with Crippen LogP contribution in [0.15, 0.2) is 24.3 Å². The van der Waals surface area contributed by atoms with E-state index in [4.69, 9.17) is 0 Å². The molecule has 1 atom stereocenters. The molecule has 19 heavy (non-hydrogen) atoms. The van der Waals surface area contributed by atoms with Crippen molar-refractivity contribution in [2.24, 2.45) is 7.05 Å². The van der Waals surface area contributed by atoms with Crippen LogP contribution >= 0.6 is 0 Å². The van der Waals surface area contributed by atoms with Crippen molar-refractivity contribution in [2.75, 3.05) is 0 Å². The van der Waals surface area contributed by atoms with Crippen LogP contribution in [-0.4, -0.2) is 9.78 Å². The van der Waals surface area contributed by atoms with Gasteiger partial charge in [0.15, 0.2) is 0 Å². The molecule has 102 valence electrons. The monoisotopic (exact) mass is 257 g/mol. The third kappa shape index (κ3) is 2.87. The highest BCUT2D eigenvalue weighted by Crippen LogP contribution is 2.18. The average molecular weight is 257 g/mol. The van der Waals surface area contributed by atoms with E-state index in [1.807, 2.05) is 11.7 Å². The van der Waals surface area contributed by atoms with E-state index in [1.54, 1.807) is 0 Å². The summed E-state index contributed by atoms with van der Waals surface area (Å²) in [6, 6.07) is 8.88. The molecule has 1 unspecified atom stereocenters. The number of hydrogen-bond donors (Lipinski definition) is 1. The van der Waals surface area contributed by atoms with E-state index in [9.17, 15) is 0 Å². The van der Waals surface area contributed by atoms with Crippen molar-refractivity contribution in [3.8, 4) is 0 Å². The molecule has 0 aliphatic rings. The van der Waals surface area contributed by atoms with Crippen LogP contribution in [0.4, 0.5) is 0 Å². The van der Waals surface area contributed by atoms with Crippen molar-refractivity contribution in [2.45, 2.75) is 40.3 Å². The highest BCUT2D eigenvalue weighted by Gasteiger charge is 2.12. The van der Waals surface area contributed by atoms with Crippen LogP contribution in [0, 0.1) is 20.8 Å². The van der Waals surface area contributed by atoms with Gasteiger partial charge in [0, 0.05) is 30.9 Å². The Morgan fingerprint density at radius 2 is 1.89 bits per heavy atom. The van der Waals surface area contributed by atoms with Gasteiger partial charge in [0.1, 0.15) is 0 Å². The van der Waals surface area contributed by atoms with Crippen LogP contribution in [0.1, 0.15) is 41.0 Å². The Kier molecular flexibility index (Phi) is 4.05. The molecule has 0 bridgehead atoms. The van der Waals surface area contributed by atoms with Crippen LogP contribution in [0.3, 0.4) is 0 Å². The van der Waals surface area contributed by atoms with Gasteiger partial charge in [-0.3, -0.25) is 4.68 Å². The van der Waals surface area contributed by atoms with E-state index < -0.39 is 0 Å². The van der Waals surface area contributed by atoms with Gasteiger partial charge >= 0.3 is 0 Å². The first-order valence-electron chi connectivity index (χ1n) is 6.78. The standard InChI is InChI=1S/C16H23N3/c1-11-8-6-7-9-15(11)12(2)17-10-16-13(3)18-19(5)14(16)4/h6-9,12,17H,10H2,1-5H3. The van der Waals surface area contributed by atoms with Gasteiger partial charge in [-0.25, -0.2) is 0 Å². The number of aromatic nitrogens is 2. The van der Waals surface area contributed by atoms with Crippen LogP contribution in [0.2, 0.25) is 0 Å². The number of benzene rings is 1. The van der Waals surface area contributed by atoms with Crippen molar-refractivity contribution < 1.29 is 0 Å². The Morgan fingerprint density at radius 1 is 1.21 bits per heavy atom. The second kappa shape index (κ2) is 5.57. The van der Waals surface area contributed by atoms with Gasteiger partial charge in [-0.05, 0) is 38.8 Å². The second-order valence-electron chi connectivity index (χ2n) is 5.23. The fourth-order valence-electron chi connectivity index (χ4n) is 2.51. The smallest absolute Gasteiger partial charge is 0.0641 e. The molecule has 1 aromatic heterocycles. The normalized spacial score (nSPS) is 12.7. The maximum Gasteiger partial charge on any atom is 0.0641 e. The van der Waals surface area contributed by atoms with Gasteiger partial charge in [0.25, 0.3) is 0 Å². The molecule has 0 saturated carbocycles. The molecule has 0 spiro atoms. The summed E-state index contributed by atoms with van der Waals surface area (Å²) in [6.45, 7) is 9.43. The Labute approximate surface area is 115 Å². The van der Waals surface area contributed by atoms with Crippen molar-refractivity contribution in [3.05, 3.63) is 52.3 Å². The van der Waals surface area contributed by atoms with E-state index >= 15 is 0 Å². The number of rotatable bonds is 4. The first kappa shape index (κ1) is 13.8. The average Bonchev–Trinajstić information content (AvgIpc) is 2.61. The van der Waals surface area contributed by atoms with E-state index in [-0.39, 0.29) is 0 Å². The lowest BCUT2D eigenvalue weighted by Gasteiger charge is -2.16. The van der Waals surface area contributed by atoms with Crippen LogP contribution in [0.25, 0.3) is 0 Å². The molecule has 0 radical (unpaired) electrons. The Morgan fingerprint density at radius 3 is 2.47 bits per heavy atom. The summed E-state index contributed by atoms with van der Waals surface area (Å²) >= 11 is 0. The Balaban J connectivity index is 2.09. The van der Waals surface area contributed by atoms with E-state index in [1.165, 1.54) is 22.4 Å². The lowest BCUT2D eigenvalue weighted by Crippen LogP contribution is -2.19. The summed E-state index contributed by atoms with van der Waals surface area (Å²) in [5, 5.41) is 8.05. The Hall–Kier alpha value is -1.61. The maximum absolute atomic E-state index is 4.46. The summed E-state index contributed by atoms with van der Waals surface area (Å²) < 4.78 is 1.95. The zero-order valence-corrected chi connectivity index (χ0v) is 12.5. The third-order valence-corrected chi connectivity index (χ3v) is 3.90. The summed E-state index contributed by atoms with van der Waals surface area (Å²) in [6.07, 6.45) is 0. The fourth-order valence-corrected chi connectivity index (χ4v) is 2.51. The van der Waals surface area contributed by atoms with Gasteiger partial charge in [0.05, 0.1) is 5.69 Å². The van der Waals surface area contributed by atoms with Crippen LogP contribution in [0.5, 0.6) is 0 Å². The van der Waals surface area contributed by atoms with Crippen molar-refractivity contribution in [1.82, 2.24) is 15.1 Å². The molecule has 2 aromatic rings. The number of nitrogens with one attached hydrogen (secondary N) is 1. The number of nitrogens with zero attached hydrogens (tertiary/aromatic N) is 2. The van der Waals surface area contributed by atoms with Crippen LogP contribution < -0.4 is 5.32 Å². The maximum atomic E-state index is 4.46. The zero-order valence-electron chi connectivity index (χ0n) is 12.5. The van der Waals surface area contributed by atoms with Gasteiger partial charge < -0.3 is 5.32 Å². The number of aryl methyl sites for hydroxylation is 3. The summed E-state index contributed by atoms with van der Waals surface area (Å²) in [5.74, 6) is 0. The quantitative estimate of drug-likeness (QED) is 0.911. The minimum Gasteiger partial charge on any atom is -0.306 e. The molecule has 1 aromatic carbocycles. The second-order valence-corrected chi connectivity index (χ2v) is 5.23. The molecule has 3 nitrogen and oxygen atoms in total. The fraction of sp³-hybridized carbons (Fsp3) is 0.438. The largest absolute Gasteiger partial charge is 0.306 e. The molecule has 0 fully saturated rings. The molecule has 0 aliphatic heterocycles. The highest BCUT2D eigenvalue weighted by molar-refractivity contribution is 5.29. The third-order valence-electron chi connectivity index (χ3n) is 3.90. The molecule has 3 heteroatoms. The molecular weight excluding hydrogens is 234 g/mol. The molecule has 0 amide bonds. The summed E-state index contributed by atoms with van der Waals surface area (Å²) in [4.78, 5) is 0. The van der Waals surface area contributed by atoms with Gasteiger partial charge in [-0.2, -0.15) is 5.10 Å². The summed E-state index contributed by atoms with van der Waals surface area (Å²) in [5.41, 5.74) is 6.36. The number of hydrogen-bond acceptors (Lipinski definition) is 2. The van der Waals surface area contributed by atoms with Gasteiger partial charge in [-0.15, -0.1) is 0 Å². The SMILES string of the molecule is Cc1ccccc1C(C)NCc1c(C)nn(C)c1C.